The fourth-order valence-electron chi connectivity index (χ4n) is 3.13. The van der Waals surface area contributed by atoms with Crippen molar-refractivity contribution in [3.05, 3.63) is 35.9 Å². The summed E-state index contributed by atoms with van der Waals surface area (Å²) in [5.41, 5.74) is 17.2. The van der Waals surface area contributed by atoms with Gasteiger partial charge in [0.05, 0.1) is 6.04 Å². The molecule has 0 spiro atoms. The zero-order valence-corrected chi connectivity index (χ0v) is 21.4. The second kappa shape index (κ2) is 15.6. The van der Waals surface area contributed by atoms with Crippen molar-refractivity contribution in [1.82, 2.24) is 16.0 Å². The van der Waals surface area contributed by atoms with E-state index in [2.05, 4.69) is 33.6 Å². The van der Waals surface area contributed by atoms with Crippen molar-refractivity contribution in [2.24, 2.45) is 28.1 Å². The van der Waals surface area contributed by atoms with E-state index in [9.17, 15) is 24.3 Å². The average Bonchev–Trinajstić information content (AvgIpc) is 2.83. The first-order valence-corrected chi connectivity index (χ1v) is 12.2. The Morgan fingerprint density at radius 2 is 1.50 bits per heavy atom. The normalized spacial score (nSPS) is 14.1. The molecule has 1 aromatic carbocycles. The Morgan fingerprint density at radius 3 is 2.03 bits per heavy atom. The first-order chi connectivity index (χ1) is 17.0. The van der Waals surface area contributed by atoms with Crippen LogP contribution < -0.4 is 33.2 Å². The third-order valence-corrected chi connectivity index (χ3v) is 5.68. The highest BCUT2D eigenvalue weighted by atomic mass is 32.1. The molecule has 4 atom stereocenters. The zero-order chi connectivity index (χ0) is 27.3. The molecular weight excluding hydrogens is 486 g/mol. The van der Waals surface area contributed by atoms with Gasteiger partial charge in [0.15, 0.2) is 5.96 Å². The van der Waals surface area contributed by atoms with Gasteiger partial charge in [-0.3, -0.25) is 19.4 Å². The Balaban J connectivity index is 2.92. The molecule has 0 aromatic heterocycles. The van der Waals surface area contributed by atoms with Crippen molar-refractivity contribution in [2.45, 2.75) is 57.3 Å². The number of carbonyl (C=O) groups is 4. The number of nitrogens with zero attached hydrogens (tertiary/aromatic N) is 1. The van der Waals surface area contributed by atoms with Crippen LogP contribution in [-0.2, 0) is 25.6 Å². The summed E-state index contributed by atoms with van der Waals surface area (Å²) >= 11 is 4.13. The summed E-state index contributed by atoms with van der Waals surface area (Å²) in [7, 11) is 0. The molecule has 36 heavy (non-hydrogen) atoms. The number of carboxylic acid groups (broad SMARTS) is 1. The Kier molecular flexibility index (Phi) is 13.3. The smallest absolute Gasteiger partial charge is 0.326 e. The van der Waals surface area contributed by atoms with Crippen molar-refractivity contribution in [2.75, 3.05) is 12.3 Å². The maximum Gasteiger partial charge on any atom is 0.326 e. The van der Waals surface area contributed by atoms with E-state index < -0.39 is 47.9 Å². The summed E-state index contributed by atoms with van der Waals surface area (Å²) in [6.07, 6.45) is 0.548. The van der Waals surface area contributed by atoms with Gasteiger partial charge in [-0.1, -0.05) is 44.2 Å². The molecule has 0 saturated carbocycles. The summed E-state index contributed by atoms with van der Waals surface area (Å²) in [5, 5.41) is 17.1. The maximum atomic E-state index is 13.1. The lowest BCUT2D eigenvalue weighted by Crippen LogP contribution is -2.58. The molecule has 1 aromatic rings. The Morgan fingerprint density at radius 1 is 0.944 bits per heavy atom. The van der Waals surface area contributed by atoms with Gasteiger partial charge >= 0.3 is 5.97 Å². The number of benzene rings is 1. The predicted molar refractivity (Wildman–Crippen MR) is 140 cm³/mol. The summed E-state index contributed by atoms with van der Waals surface area (Å²) in [6.45, 7) is 3.77. The monoisotopic (exact) mass is 523 g/mol. The fraction of sp³-hybridized carbons (Fsp3) is 0.522. The van der Waals surface area contributed by atoms with E-state index in [1.165, 1.54) is 0 Å². The largest absolute Gasteiger partial charge is 0.480 e. The van der Waals surface area contributed by atoms with E-state index in [4.69, 9.17) is 17.2 Å². The van der Waals surface area contributed by atoms with Crippen molar-refractivity contribution in [1.29, 1.82) is 0 Å². The molecule has 4 unspecified atom stereocenters. The first-order valence-electron chi connectivity index (χ1n) is 11.6. The molecule has 0 bridgehead atoms. The van der Waals surface area contributed by atoms with Gasteiger partial charge in [-0.25, -0.2) is 4.79 Å². The molecule has 12 nitrogen and oxygen atoms in total. The molecule has 1 rings (SSSR count). The minimum absolute atomic E-state index is 0.0743. The van der Waals surface area contributed by atoms with Gasteiger partial charge in [-0.05, 0) is 24.3 Å². The molecule has 0 aliphatic carbocycles. The topological polar surface area (TPSA) is 215 Å². The fourth-order valence-corrected chi connectivity index (χ4v) is 3.39. The molecule has 3 amide bonds. The van der Waals surface area contributed by atoms with Gasteiger partial charge < -0.3 is 38.3 Å². The van der Waals surface area contributed by atoms with Gasteiger partial charge in [-0.15, -0.1) is 0 Å². The second-order valence-electron chi connectivity index (χ2n) is 8.61. The molecule has 200 valence electrons. The van der Waals surface area contributed by atoms with Gasteiger partial charge in [0, 0.05) is 18.7 Å². The molecular formula is C23H37N7O5S. The lowest BCUT2D eigenvalue weighted by Gasteiger charge is -2.25. The standard InChI is InChI=1S/C23H37N7O5S/c1-13(2)18(24)21(33)29-16(11-14-7-4-3-5-8-14)19(31)30-17(12-36)20(32)28-15(22(34)35)9-6-10-27-23(25)26/h3-5,7-8,13,15-18,36H,6,9-12,24H2,1-2H3,(H,28,32)(H,29,33)(H,30,31)(H,34,35)(H4,25,26,27). The molecule has 0 saturated heterocycles. The van der Waals surface area contributed by atoms with Crippen molar-refractivity contribution >= 4 is 42.3 Å². The number of nitrogens with two attached hydrogens (primary N) is 3. The van der Waals surface area contributed by atoms with E-state index in [0.717, 1.165) is 5.56 Å². The van der Waals surface area contributed by atoms with E-state index in [1.807, 2.05) is 6.07 Å². The minimum atomic E-state index is -1.24. The number of carbonyl (C=O) groups excluding carboxylic acids is 3. The van der Waals surface area contributed by atoms with Crippen molar-refractivity contribution in [3.63, 3.8) is 0 Å². The Bertz CT molecular complexity index is 909. The number of rotatable bonds is 15. The van der Waals surface area contributed by atoms with Crippen LogP contribution >= 0.6 is 12.6 Å². The number of thiol groups is 1. The third-order valence-electron chi connectivity index (χ3n) is 5.31. The van der Waals surface area contributed by atoms with Crippen LogP contribution in [-0.4, -0.2) is 71.2 Å². The summed E-state index contributed by atoms with van der Waals surface area (Å²) in [5.74, 6) is -3.46. The van der Waals surface area contributed by atoms with Crippen molar-refractivity contribution in [3.8, 4) is 0 Å². The minimum Gasteiger partial charge on any atom is -0.480 e. The quantitative estimate of drug-likeness (QED) is 0.0599. The molecule has 13 heteroatoms. The van der Waals surface area contributed by atoms with Crippen LogP contribution in [0.1, 0.15) is 32.3 Å². The highest BCUT2D eigenvalue weighted by Crippen LogP contribution is 2.07. The zero-order valence-electron chi connectivity index (χ0n) is 20.5. The van der Waals surface area contributed by atoms with E-state index >= 15 is 0 Å². The second-order valence-corrected chi connectivity index (χ2v) is 8.98. The summed E-state index contributed by atoms with van der Waals surface area (Å²) in [4.78, 5) is 53.8. The van der Waals surface area contributed by atoms with Gasteiger partial charge in [-0.2, -0.15) is 12.6 Å². The number of guanidine groups is 1. The molecule has 0 heterocycles. The van der Waals surface area contributed by atoms with Gasteiger partial charge in [0.25, 0.3) is 0 Å². The number of hydrogen-bond acceptors (Lipinski definition) is 7. The molecule has 0 radical (unpaired) electrons. The van der Waals surface area contributed by atoms with Gasteiger partial charge in [0.1, 0.15) is 18.1 Å². The number of nitrogens with one attached hydrogen (secondary N) is 3. The average molecular weight is 524 g/mol. The summed E-state index contributed by atoms with van der Waals surface area (Å²) < 4.78 is 0. The lowest BCUT2D eigenvalue weighted by molar-refractivity contribution is -0.142. The highest BCUT2D eigenvalue weighted by Gasteiger charge is 2.30. The Labute approximate surface area is 216 Å². The van der Waals surface area contributed by atoms with Crippen LogP contribution in [0.15, 0.2) is 35.3 Å². The Hall–Kier alpha value is -3.32. The van der Waals surface area contributed by atoms with Crippen molar-refractivity contribution < 1.29 is 24.3 Å². The number of hydrogen-bond donors (Lipinski definition) is 8. The number of aliphatic imine (C=N–C) groups is 1. The SMILES string of the molecule is CC(C)C(N)C(=O)NC(Cc1ccccc1)C(=O)NC(CS)C(=O)NC(CCCN=C(N)N)C(=O)O. The highest BCUT2D eigenvalue weighted by molar-refractivity contribution is 7.80. The molecule has 0 aliphatic heterocycles. The number of carboxylic acids is 1. The van der Waals surface area contributed by atoms with Crippen LogP contribution in [0.4, 0.5) is 0 Å². The van der Waals surface area contributed by atoms with Crippen LogP contribution in [0.5, 0.6) is 0 Å². The maximum absolute atomic E-state index is 13.1. The number of amides is 3. The molecule has 10 N–H and O–H groups in total. The first kappa shape index (κ1) is 30.7. The molecule has 0 fully saturated rings. The lowest BCUT2D eigenvalue weighted by atomic mass is 10.0. The van der Waals surface area contributed by atoms with Crippen LogP contribution in [0.25, 0.3) is 0 Å². The van der Waals surface area contributed by atoms with Crippen LogP contribution in [0.3, 0.4) is 0 Å². The number of aliphatic carboxylic acids is 1. The predicted octanol–water partition coefficient (Wildman–Crippen LogP) is -1.27. The van der Waals surface area contributed by atoms with Gasteiger partial charge in [0.2, 0.25) is 17.7 Å². The molecule has 0 aliphatic rings. The third kappa shape index (κ3) is 11.0. The van der Waals surface area contributed by atoms with E-state index in [-0.39, 0.29) is 37.0 Å². The van der Waals surface area contributed by atoms with Crippen LogP contribution in [0.2, 0.25) is 0 Å². The van der Waals surface area contributed by atoms with E-state index in [0.29, 0.717) is 6.42 Å². The van der Waals surface area contributed by atoms with E-state index in [1.54, 1.807) is 38.1 Å². The van der Waals surface area contributed by atoms with Crippen LogP contribution in [0, 0.1) is 5.92 Å². The summed E-state index contributed by atoms with van der Waals surface area (Å²) in [6, 6.07) is 4.83.